The van der Waals surface area contributed by atoms with Gasteiger partial charge < -0.3 is 35.7 Å². The molecular formula is C34H49N5O8. The monoisotopic (exact) mass is 655 g/mol. The van der Waals surface area contributed by atoms with Crippen LogP contribution in [0.15, 0.2) is 22.8 Å². The maximum atomic E-state index is 14.5. The minimum Gasteiger partial charge on any atom is -0.466 e. The molecule has 5 rings (SSSR count). The molecule has 258 valence electrons. The Hall–Kier alpha value is -3.90. The van der Waals surface area contributed by atoms with Gasteiger partial charge in [-0.1, -0.05) is 53.9 Å². The Morgan fingerprint density at radius 3 is 2.21 bits per heavy atom. The molecule has 4 aliphatic rings. The number of Topliss-reactive ketones (excluding diaryl/α,β-unsaturated/α-hetero) is 1. The van der Waals surface area contributed by atoms with Gasteiger partial charge in [0, 0.05) is 6.54 Å². The van der Waals surface area contributed by atoms with Crippen molar-refractivity contribution >= 4 is 35.5 Å². The fourth-order valence-corrected chi connectivity index (χ4v) is 7.62. The van der Waals surface area contributed by atoms with Gasteiger partial charge in [-0.2, -0.15) is 0 Å². The molecule has 6 atom stereocenters. The quantitative estimate of drug-likeness (QED) is 0.195. The second kappa shape index (κ2) is 13.3. The molecule has 0 radical (unpaired) electrons. The highest BCUT2D eigenvalue weighted by atomic mass is 16.5. The van der Waals surface area contributed by atoms with Crippen molar-refractivity contribution < 1.29 is 37.9 Å². The first-order valence-corrected chi connectivity index (χ1v) is 16.8. The van der Waals surface area contributed by atoms with Crippen LogP contribution in [0.4, 0.5) is 4.79 Å². The Bertz CT molecular complexity index is 1370. The number of hydrogen-bond donors (Lipinski definition) is 4. The van der Waals surface area contributed by atoms with E-state index < -0.39 is 59.2 Å². The number of likely N-dealkylation sites (tertiary alicyclic amines) is 1. The van der Waals surface area contributed by atoms with Crippen molar-refractivity contribution in [1.29, 1.82) is 0 Å². The SMILES string of the molecule is CC(C)(C)[C@H](NC(=O)N[C@H](C(=O)N1C[C@H]2[C@@H]([C@H]1C(=O)NC(C(=O)C(N)=O)C1CC1)C2(C)C)C1CCCCC1)C(=O)OCc1ccco1. The van der Waals surface area contributed by atoms with Crippen molar-refractivity contribution in [2.75, 3.05) is 6.54 Å². The molecule has 13 nitrogen and oxygen atoms in total. The highest BCUT2D eigenvalue weighted by Gasteiger charge is 2.70. The molecule has 3 aliphatic carbocycles. The first-order valence-electron chi connectivity index (χ1n) is 16.8. The van der Waals surface area contributed by atoms with Crippen LogP contribution in [0.5, 0.6) is 0 Å². The molecule has 2 heterocycles. The number of piperidine rings is 1. The molecule has 0 aromatic carbocycles. The Morgan fingerprint density at radius 1 is 0.979 bits per heavy atom. The van der Waals surface area contributed by atoms with Crippen LogP contribution in [-0.4, -0.2) is 71.1 Å². The van der Waals surface area contributed by atoms with Crippen LogP contribution in [0.25, 0.3) is 0 Å². The molecule has 3 saturated carbocycles. The van der Waals surface area contributed by atoms with Crippen molar-refractivity contribution in [1.82, 2.24) is 20.9 Å². The van der Waals surface area contributed by atoms with E-state index in [0.29, 0.717) is 25.1 Å². The van der Waals surface area contributed by atoms with E-state index >= 15 is 0 Å². The number of fused-ring (bicyclic) bond motifs is 1. The third-order valence-corrected chi connectivity index (χ3v) is 10.7. The highest BCUT2D eigenvalue weighted by molar-refractivity contribution is 6.38. The van der Waals surface area contributed by atoms with Crippen molar-refractivity contribution in [3.63, 3.8) is 0 Å². The number of rotatable bonds is 12. The topological polar surface area (TPSA) is 190 Å². The first-order chi connectivity index (χ1) is 22.1. The lowest BCUT2D eigenvalue weighted by molar-refractivity contribution is -0.150. The van der Waals surface area contributed by atoms with Crippen LogP contribution in [0, 0.1) is 34.5 Å². The summed E-state index contributed by atoms with van der Waals surface area (Å²) in [5.74, 6) is -3.35. The van der Waals surface area contributed by atoms with Gasteiger partial charge in [-0.05, 0) is 72.3 Å². The zero-order valence-electron chi connectivity index (χ0n) is 28.0. The van der Waals surface area contributed by atoms with E-state index in [0.717, 1.165) is 32.1 Å². The van der Waals surface area contributed by atoms with Gasteiger partial charge in [0.25, 0.3) is 5.91 Å². The molecule has 13 heteroatoms. The summed E-state index contributed by atoms with van der Waals surface area (Å²) in [5, 5.41) is 8.41. The number of hydrogen-bond acceptors (Lipinski definition) is 8. The van der Waals surface area contributed by atoms with Gasteiger partial charge in [0.15, 0.2) is 0 Å². The molecule has 1 saturated heterocycles. The normalized spacial score (nSPS) is 25.5. The average molecular weight is 656 g/mol. The summed E-state index contributed by atoms with van der Waals surface area (Å²) in [4.78, 5) is 80.9. The second-order valence-corrected chi connectivity index (χ2v) is 15.4. The number of furan rings is 1. The lowest BCUT2D eigenvalue weighted by atomic mass is 9.83. The molecular weight excluding hydrogens is 606 g/mol. The molecule has 1 aliphatic heterocycles. The smallest absolute Gasteiger partial charge is 0.329 e. The highest BCUT2D eigenvalue weighted by Crippen LogP contribution is 2.65. The Labute approximate surface area is 275 Å². The number of amides is 5. The molecule has 1 unspecified atom stereocenters. The summed E-state index contributed by atoms with van der Waals surface area (Å²) in [6, 6.07) is -1.16. The van der Waals surface area contributed by atoms with Crippen molar-refractivity contribution in [2.24, 2.45) is 40.2 Å². The predicted molar refractivity (Wildman–Crippen MR) is 169 cm³/mol. The van der Waals surface area contributed by atoms with Gasteiger partial charge in [0.1, 0.15) is 36.5 Å². The largest absolute Gasteiger partial charge is 0.466 e. The van der Waals surface area contributed by atoms with E-state index in [1.54, 1.807) is 37.8 Å². The van der Waals surface area contributed by atoms with E-state index in [2.05, 4.69) is 29.8 Å². The van der Waals surface area contributed by atoms with E-state index in [1.165, 1.54) is 6.26 Å². The Kier molecular flexibility index (Phi) is 9.75. The maximum Gasteiger partial charge on any atom is 0.329 e. The molecule has 47 heavy (non-hydrogen) atoms. The summed E-state index contributed by atoms with van der Waals surface area (Å²) >= 11 is 0. The number of primary amides is 1. The number of esters is 1. The third kappa shape index (κ3) is 7.49. The van der Waals surface area contributed by atoms with Gasteiger partial charge in [-0.3, -0.25) is 19.2 Å². The fourth-order valence-electron chi connectivity index (χ4n) is 7.62. The first kappa shape index (κ1) is 34.4. The summed E-state index contributed by atoms with van der Waals surface area (Å²) in [6.45, 7) is 9.76. The van der Waals surface area contributed by atoms with Crippen molar-refractivity contribution in [3.8, 4) is 0 Å². The van der Waals surface area contributed by atoms with Crippen LogP contribution in [0.2, 0.25) is 0 Å². The molecule has 5 N–H and O–H groups in total. The standard InChI is InChI=1S/C34H49N5O8/c1-33(2,3)27(31(44)47-17-20-12-9-15-46-20)38-32(45)37-24(18-10-7-6-8-11-18)30(43)39-16-21-22(34(21,4)5)25(39)29(42)36-23(19-13-14-19)26(40)28(35)41/h9,12,15,18-19,21-25,27H,6-8,10-11,13-14,16-17H2,1-5H3,(H2,35,41)(H,36,42)(H2,37,38,45)/t21-,22-,23?,24-,25-,27+/m0/s1. The molecule has 4 fully saturated rings. The molecule has 1 aromatic rings. The van der Waals surface area contributed by atoms with Gasteiger partial charge in [-0.15, -0.1) is 0 Å². The second-order valence-electron chi connectivity index (χ2n) is 15.4. The van der Waals surface area contributed by atoms with Gasteiger partial charge >= 0.3 is 12.0 Å². The Balaban J connectivity index is 1.33. The molecule has 0 bridgehead atoms. The summed E-state index contributed by atoms with van der Waals surface area (Å²) in [7, 11) is 0. The molecule has 0 spiro atoms. The zero-order chi connectivity index (χ0) is 34.3. The van der Waals surface area contributed by atoms with E-state index in [4.69, 9.17) is 14.9 Å². The maximum absolute atomic E-state index is 14.5. The van der Waals surface area contributed by atoms with Gasteiger partial charge in [0.05, 0.1) is 6.26 Å². The number of ether oxygens (including phenoxy) is 1. The number of ketones is 1. The van der Waals surface area contributed by atoms with Crippen LogP contribution >= 0.6 is 0 Å². The fraction of sp³-hybridized carbons (Fsp3) is 0.706. The lowest BCUT2D eigenvalue weighted by Gasteiger charge is -2.37. The summed E-state index contributed by atoms with van der Waals surface area (Å²) in [5.41, 5.74) is 4.38. The zero-order valence-corrected chi connectivity index (χ0v) is 28.0. The van der Waals surface area contributed by atoms with Crippen LogP contribution < -0.4 is 21.7 Å². The number of nitrogens with two attached hydrogens (primary N) is 1. The van der Waals surface area contributed by atoms with E-state index in [9.17, 15) is 28.8 Å². The summed E-state index contributed by atoms with van der Waals surface area (Å²) < 4.78 is 10.7. The van der Waals surface area contributed by atoms with Crippen LogP contribution in [0.1, 0.15) is 85.3 Å². The predicted octanol–water partition coefficient (Wildman–Crippen LogP) is 2.42. The number of carbonyl (C=O) groups excluding carboxylic acids is 6. The number of nitrogens with one attached hydrogen (secondary N) is 3. The molecule has 1 aromatic heterocycles. The minimum absolute atomic E-state index is 0.0726. The Morgan fingerprint density at radius 2 is 1.64 bits per heavy atom. The van der Waals surface area contributed by atoms with Crippen molar-refractivity contribution in [2.45, 2.75) is 110 Å². The van der Waals surface area contributed by atoms with E-state index in [-0.39, 0.29) is 41.6 Å². The number of nitrogens with zero attached hydrogens (tertiary/aromatic N) is 1. The van der Waals surface area contributed by atoms with Gasteiger partial charge in [0.2, 0.25) is 17.6 Å². The molecule has 5 amide bonds. The van der Waals surface area contributed by atoms with Crippen LogP contribution in [-0.2, 0) is 35.3 Å². The number of carbonyl (C=O) groups is 6. The lowest BCUT2D eigenvalue weighted by Crippen LogP contribution is -2.62. The van der Waals surface area contributed by atoms with E-state index in [1.807, 2.05) is 0 Å². The number of urea groups is 1. The third-order valence-electron chi connectivity index (χ3n) is 10.7. The summed E-state index contributed by atoms with van der Waals surface area (Å²) in [6.07, 6.45) is 7.16. The van der Waals surface area contributed by atoms with Gasteiger partial charge in [-0.25, -0.2) is 9.59 Å². The van der Waals surface area contributed by atoms with Crippen molar-refractivity contribution in [3.05, 3.63) is 24.2 Å². The average Bonchev–Trinajstić information content (AvgIpc) is 3.76. The van der Waals surface area contributed by atoms with Crippen LogP contribution in [0.3, 0.4) is 0 Å². The minimum atomic E-state index is -1.10.